The van der Waals surface area contributed by atoms with Gasteiger partial charge in [-0.2, -0.15) is 0 Å². The highest BCUT2D eigenvalue weighted by atomic mass is 16.3. The summed E-state index contributed by atoms with van der Waals surface area (Å²) in [5.74, 6) is -0.199. The minimum absolute atomic E-state index is 0.179. The number of hydrogen-bond donors (Lipinski definition) is 4. The molecule has 1 saturated carbocycles. The van der Waals surface area contributed by atoms with Crippen LogP contribution in [0.1, 0.15) is 29.6 Å². The van der Waals surface area contributed by atoms with Gasteiger partial charge in [-0.25, -0.2) is 0 Å². The van der Waals surface area contributed by atoms with E-state index in [-0.39, 0.29) is 29.0 Å². The van der Waals surface area contributed by atoms with Crippen LogP contribution < -0.4 is 11.1 Å². The van der Waals surface area contributed by atoms with Crippen LogP contribution in [0.5, 0.6) is 5.75 Å². The van der Waals surface area contributed by atoms with Crippen LogP contribution in [-0.2, 0) is 0 Å². The van der Waals surface area contributed by atoms with Gasteiger partial charge in [0, 0.05) is 6.54 Å². The average molecular weight is 250 g/mol. The van der Waals surface area contributed by atoms with Crippen LogP contribution in [0.25, 0.3) is 0 Å². The van der Waals surface area contributed by atoms with Crippen molar-refractivity contribution in [2.75, 3.05) is 12.3 Å². The van der Waals surface area contributed by atoms with Crippen molar-refractivity contribution in [1.29, 1.82) is 0 Å². The minimum atomic E-state index is -0.332. The Balaban J connectivity index is 1.94. The van der Waals surface area contributed by atoms with E-state index < -0.39 is 0 Å². The lowest BCUT2D eigenvalue weighted by molar-refractivity contribution is 0.0942. The van der Waals surface area contributed by atoms with Gasteiger partial charge >= 0.3 is 0 Å². The summed E-state index contributed by atoms with van der Waals surface area (Å²) in [5, 5.41) is 21.8. The van der Waals surface area contributed by atoms with Crippen LogP contribution in [-0.4, -0.2) is 28.8 Å². The average Bonchev–Trinajstić information content (AvgIpc) is 2.76. The fourth-order valence-corrected chi connectivity index (χ4v) is 2.31. The first-order valence-corrected chi connectivity index (χ1v) is 6.11. The summed E-state index contributed by atoms with van der Waals surface area (Å²) in [6.45, 7) is 0.518. The minimum Gasteiger partial charge on any atom is -0.505 e. The lowest BCUT2D eigenvalue weighted by Crippen LogP contribution is -2.28. The number of para-hydroxylation sites is 1. The molecular formula is C13H18N2O3. The number of nitrogens with two attached hydrogens (primary N) is 1. The van der Waals surface area contributed by atoms with Crippen molar-refractivity contribution in [2.45, 2.75) is 25.4 Å². The standard InChI is InChI=1S/C13H18N2O3/c14-11-3-1-2-10(12(11)17)13(18)15-7-8-4-5-9(16)6-8/h1-3,8-9,16-17H,4-7,14H2,(H,15,18). The molecule has 1 amide bonds. The predicted octanol–water partition coefficient (Wildman–Crippen LogP) is 0.865. The number of anilines is 1. The number of carbonyl (C=O) groups excluding carboxylic acids is 1. The Morgan fingerprint density at radius 1 is 1.44 bits per heavy atom. The van der Waals surface area contributed by atoms with Crippen LogP contribution in [0.15, 0.2) is 18.2 Å². The molecule has 0 saturated heterocycles. The molecule has 1 aromatic rings. The molecule has 0 heterocycles. The number of benzene rings is 1. The molecule has 18 heavy (non-hydrogen) atoms. The van der Waals surface area contributed by atoms with E-state index in [0.29, 0.717) is 12.5 Å². The molecule has 5 heteroatoms. The second-order valence-electron chi connectivity index (χ2n) is 4.79. The predicted molar refractivity (Wildman–Crippen MR) is 68.2 cm³/mol. The molecule has 2 atom stereocenters. The zero-order valence-electron chi connectivity index (χ0n) is 10.1. The van der Waals surface area contributed by atoms with E-state index in [9.17, 15) is 15.0 Å². The normalized spacial score (nSPS) is 22.9. The molecule has 1 aliphatic carbocycles. The quantitative estimate of drug-likeness (QED) is 0.472. The van der Waals surface area contributed by atoms with E-state index in [0.717, 1.165) is 19.3 Å². The fraction of sp³-hybridized carbons (Fsp3) is 0.462. The van der Waals surface area contributed by atoms with Crippen LogP contribution >= 0.6 is 0 Å². The van der Waals surface area contributed by atoms with Crippen molar-refractivity contribution in [3.05, 3.63) is 23.8 Å². The van der Waals surface area contributed by atoms with Gasteiger partial charge in [-0.3, -0.25) is 4.79 Å². The summed E-state index contributed by atoms with van der Waals surface area (Å²) < 4.78 is 0. The number of rotatable bonds is 3. The van der Waals surface area contributed by atoms with E-state index in [4.69, 9.17) is 5.73 Å². The number of aliphatic hydroxyl groups excluding tert-OH is 1. The van der Waals surface area contributed by atoms with Crippen LogP contribution in [0, 0.1) is 5.92 Å². The zero-order valence-corrected chi connectivity index (χ0v) is 10.1. The molecule has 1 fully saturated rings. The molecule has 2 rings (SSSR count). The number of hydrogen-bond acceptors (Lipinski definition) is 4. The first kappa shape index (κ1) is 12.7. The molecule has 0 aromatic heterocycles. The van der Waals surface area contributed by atoms with E-state index >= 15 is 0 Å². The van der Waals surface area contributed by atoms with E-state index in [1.54, 1.807) is 12.1 Å². The van der Waals surface area contributed by atoms with Crippen LogP contribution in [0.4, 0.5) is 5.69 Å². The highest BCUT2D eigenvalue weighted by Crippen LogP contribution is 2.26. The molecule has 0 bridgehead atoms. The summed E-state index contributed by atoms with van der Waals surface area (Å²) in [7, 11) is 0. The largest absolute Gasteiger partial charge is 0.505 e. The molecule has 0 radical (unpaired) electrons. The summed E-state index contributed by atoms with van der Waals surface area (Å²) >= 11 is 0. The molecule has 5 N–H and O–H groups in total. The molecular weight excluding hydrogens is 232 g/mol. The van der Waals surface area contributed by atoms with Crippen molar-refractivity contribution in [1.82, 2.24) is 5.32 Å². The molecule has 0 spiro atoms. The van der Waals surface area contributed by atoms with E-state index in [2.05, 4.69) is 5.32 Å². The van der Waals surface area contributed by atoms with Crippen molar-refractivity contribution in [3.8, 4) is 5.75 Å². The summed E-state index contributed by atoms with van der Waals surface area (Å²) in [6, 6.07) is 4.70. The Morgan fingerprint density at radius 3 is 2.89 bits per heavy atom. The highest BCUT2D eigenvalue weighted by Gasteiger charge is 2.23. The maximum atomic E-state index is 11.9. The van der Waals surface area contributed by atoms with Gasteiger partial charge in [0.15, 0.2) is 5.75 Å². The monoisotopic (exact) mass is 250 g/mol. The maximum Gasteiger partial charge on any atom is 0.255 e. The van der Waals surface area contributed by atoms with Gasteiger partial charge in [0.25, 0.3) is 5.91 Å². The first-order chi connectivity index (χ1) is 8.58. The van der Waals surface area contributed by atoms with Crippen molar-refractivity contribution in [2.24, 2.45) is 5.92 Å². The number of phenols is 1. The van der Waals surface area contributed by atoms with Crippen molar-refractivity contribution < 1.29 is 15.0 Å². The van der Waals surface area contributed by atoms with Gasteiger partial charge in [0.1, 0.15) is 0 Å². The number of aliphatic hydroxyl groups is 1. The topological polar surface area (TPSA) is 95.6 Å². The highest BCUT2D eigenvalue weighted by molar-refractivity contribution is 5.98. The Bertz CT molecular complexity index is 448. The Labute approximate surface area is 106 Å². The van der Waals surface area contributed by atoms with Gasteiger partial charge < -0.3 is 21.3 Å². The molecule has 1 aliphatic rings. The summed E-state index contributed by atoms with van der Waals surface area (Å²) in [5.41, 5.74) is 5.91. The van der Waals surface area contributed by atoms with Gasteiger partial charge in [-0.1, -0.05) is 6.07 Å². The van der Waals surface area contributed by atoms with Crippen LogP contribution in [0.3, 0.4) is 0 Å². The maximum absolute atomic E-state index is 11.9. The molecule has 0 aliphatic heterocycles. The molecule has 2 unspecified atom stereocenters. The first-order valence-electron chi connectivity index (χ1n) is 6.11. The third kappa shape index (κ3) is 2.73. The molecule has 5 nitrogen and oxygen atoms in total. The Morgan fingerprint density at radius 2 is 2.22 bits per heavy atom. The number of nitrogens with one attached hydrogen (secondary N) is 1. The number of carbonyl (C=O) groups is 1. The molecule has 98 valence electrons. The lowest BCUT2D eigenvalue weighted by Gasteiger charge is -2.12. The van der Waals surface area contributed by atoms with Gasteiger partial charge in [-0.15, -0.1) is 0 Å². The van der Waals surface area contributed by atoms with Gasteiger partial charge in [0.2, 0.25) is 0 Å². The second-order valence-corrected chi connectivity index (χ2v) is 4.79. The number of nitrogen functional groups attached to an aromatic ring is 1. The third-order valence-electron chi connectivity index (χ3n) is 3.38. The smallest absolute Gasteiger partial charge is 0.255 e. The number of aromatic hydroxyl groups is 1. The summed E-state index contributed by atoms with van der Waals surface area (Å²) in [6.07, 6.45) is 2.20. The van der Waals surface area contributed by atoms with E-state index in [1.165, 1.54) is 6.07 Å². The SMILES string of the molecule is Nc1cccc(C(=O)NCC2CCC(O)C2)c1O. The number of phenolic OH excluding ortho intramolecular Hbond substituents is 1. The third-order valence-corrected chi connectivity index (χ3v) is 3.38. The van der Waals surface area contributed by atoms with Gasteiger partial charge in [-0.05, 0) is 37.3 Å². The van der Waals surface area contributed by atoms with Gasteiger partial charge in [0.05, 0.1) is 17.4 Å². The fourth-order valence-electron chi connectivity index (χ4n) is 2.31. The van der Waals surface area contributed by atoms with Crippen molar-refractivity contribution >= 4 is 11.6 Å². The molecule has 1 aromatic carbocycles. The Kier molecular flexibility index (Phi) is 3.72. The summed E-state index contributed by atoms with van der Waals surface area (Å²) in [4.78, 5) is 11.9. The van der Waals surface area contributed by atoms with Crippen LogP contribution in [0.2, 0.25) is 0 Å². The Hall–Kier alpha value is -1.75. The zero-order chi connectivity index (χ0) is 13.1. The van der Waals surface area contributed by atoms with E-state index in [1.807, 2.05) is 0 Å². The second kappa shape index (κ2) is 5.27. The van der Waals surface area contributed by atoms with Crippen molar-refractivity contribution in [3.63, 3.8) is 0 Å². The number of amides is 1. The lowest BCUT2D eigenvalue weighted by atomic mass is 10.1.